The summed E-state index contributed by atoms with van der Waals surface area (Å²) >= 11 is 0. The van der Waals surface area contributed by atoms with Gasteiger partial charge in [0.15, 0.2) is 14.9 Å². The van der Waals surface area contributed by atoms with Gasteiger partial charge in [-0.3, -0.25) is 9.97 Å². The molecule has 4 aromatic heterocycles. The van der Waals surface area contributed by atoms with Crippen LogP contribution in [0.4, 0.5) is 5.82 Å². The molecule has 0 amide bonds. The predicted octanol–water partition coefficient (Wildman–Crippen LogP) is 5.08. The van der Waals surface area contributed by atoms with Crippen LogP contribution in [0.1, 0.15) is 11.3 Å². The van der Waals surface area contributed by atoms with Crippen molar-refractivity contribution in [1.82, 2.24) is 19.9 Å². The first-order valence-electron chi connectivity index (χ1n) is 11.0. The number of pyridine rings is 4. The van der Waals surface area contributed by atoms with E-state index in [-0.39, 0.29) is 5.03 Å². The number of anilines is 1. The van der Waals surface area contributed by atoms with Gasteiger partial charge in [-0.05, 0) is 65.4 Å². The fraction of sp³-hybridized carbons (Fsp3) is 0.111. The fourth-order valence-corrected chi connectivity index (χ4v) is 4.46. The minimum atomic E-state index is -3.36. The van der Waals surface area contributed by atoms with E-state index >= 15 is 0 Å². The number of aromatic nitrogens is 4. The molecule has 0 fully saturated rings. The van der Waals surface area contributed by atoms with Gasteiger partial charge in [0, 0.05) is 54.2 Å². The molecule has 4 heterocycles. The number of fused-ring (bicyclic) bond motifs is 1. The van der Waals surface area contributed by atoms with E-state index in [1.807, 2.05) is 55.6 Å². The lowest BCUT2D eigenvalue weighted by Gasteiger charge is -2.11. The molecule has 1 N–H and O–H groups in total. The fourth-order valence-electron chi connectivity index (χ4n) is 3.86. The van der Waals surface area contributed by atoms with Gasteiger partial charge in [-0.1, -0.05) is 24.3 Å². The zero-order chi connectivity index (χ0) is 24.4. The zero-order valence-electron chi connectivity index (χ0n) is 19.3. The Bertz CT molecular complexity index is 1630. The average Bonchev–Trinajstić information content (AvgIpc) is 2.87. The Kier molecular flexibility index (Phi) is 5.96. The lowest BCUT2D eigenvalue weighted by atomic mass is 10.1. The van der Waals surface area contributed by atoms with Crippen LogP contribution in [0.25, 0.3) is 33.2 Å². The molecule has 174 valence electrons. The molecular weight excluding hydrogens is 458 g/mol. The minimum absolute atomic E-state index is 0.0682. The molecule has 0 saturated carbocycles. The summed E-state index contributed by atoms with van der Waals surface area (Å²) in [6, 6.07) is 19.4. The minimum Gasteiger partial charge on any atom is -0.365 e. The number of hydrogen-bond acceptors (Lipinski definition) is 7. The van der Waals surface area contributed by atoms with Gasteiger partial charge < -0.3 is 5.32 Å². The molecular formula is C27H23N5O2S. The third-order valence-corrected chi connectivity index (χ3v) is 6.69. The van der Waals surface area contributed by atoms with Crippen molar-refractivity contribution in [3.63, 3.8) is 0 Å². The van der Waals surface area contributed by atoms with E-state index in [9.17, 15) is 8.42 Å². The number of nitrogens with zero attached hydrogens (tertiary/aromatic N) is 4. The van der Waals surface area contributed by atoms with E-state index in [4.69, 9.17) is 0 Å². The highest BCUT2D eigenvalue weighted by molar-refractivity contribution is 7.90. The topological polar surface area (TPSA) is 97.7 Å². The first kappa shape index (κ1) is 22.6. The number of rotatable bonds is 6. The SMILES string of the molecule is Cc1cc(-c2cc3ccnc(NCc4ccc(-c5ccnc(S(C)(=O)=O)c5)cc4)c3cn2)ccn1. The van der Waals surface area contributed by atoms with E-state index < -0.39 is 9.84 Å². The zero-order valence-corrected chi connectivity index (χ0v) is 20.1. The van der Waals surface area contributed by atoms with Crippen molar-refractivity contribution in [3.05, 3.63) is 96.7 Å². The maximum absolute atomic E-state index is 11.8. The van der Waals surface area contributed by atoms with Gasteiger partial charge >= 0.3 is 0 Å². The highest BCUT2D eigenvalue weighted by Gasteiger charge is 2.10. The van der Waals surface area contributed by atoms with Crippen LogP contribution in [-0.2, 0) is 16.4 Å². The molecule has 0 radical (unpaired) electrons. The van der Waals surface area contributed by atoms with Crippen LogP contribution >= 0.6 is 0 Å². The standard InChI is InChI=1S/C27H23N5O2S/c1-18-13-23(9-10-28-18)25-14-22-8-12-30-27(24(22)17-31-25)32-16-19-3-5-20(6-4-19)21-7-11-29-26(15-21)35(2,33)34/h3-15,17H,16H2,1-2H3,(H,30,32). The van der Waals surface area contributed by atoms with Crippen LogP contribution in [0.3, 0.4) is 0 Å². The quantitative estimate of drug-likeness (QED) is 0.361. The lowest BCUT2D eigenvalue weighted by molar-refractivity contribution is 0.598. The van der Waals surface area contributed by atoms with Crippen LogP contribution in [0.15, 0.2) is 90.5 Å². The van der Waals surface area contributed by atoms with Crippen molar-refractivity contribution < 1.29 is 8.42 Å². The molecule has 0 unspecified atom stereocenters. The van der Waals surface area contributed by atoms with E-state index in [1.54, 1.807) is 24.5 Å². The van der Waals surface area contributed by atoms with Gasteiger partial charge in [0.25, 0.3) is 0 Å². The van der Waals surface area contributed by atoms with E-state index in [0.717, 1.165) is 56.5 Å². The Labute approximate surface area is 203 Å². The molecule has 8 heteroatoms. The van der Waals surface area contributed by atoms with E-state index in [2.05, 4.69) is 31.3 Å². The summed E-state index contributed by atoms with van der Waals surface area (Å²) < 4.78 is 23.6. The summed E-state index contributed by atoms with van der Waals surface area (Å²) in [5, 5.41) is 5.48. The summed E-state index contributed by atoms with van der Waals surface area (Å²) in [5.41, 5.74) is 5.68. The van der Waals surface area contributed by atoms with Crippen molar-refractivity contribution in [3.8, 4) is 22.4 Å². The van der Waals surface area contributed by atoms with Crippen molar-refractivity contribution in [2.75, 3.05) is 11.6 Å². The molecule has 0 aliphatic carbocycles. The summed E-state index contributed by atoms with van der Waals surface area (Å²) in [6.07, 6.45) is 8.11. The Morgan fingerprint density at radius 3 is 2.29 bits per heavy atom. The predicted molar refractivity (Wildman–Crippen MR) is 138 cm³/mol. The third kappa shape index (κ3) is 5.02. The summed E-state index contributed by atoms with van der Waals surface area (Å²) in [6.45, 7) is 2.55. The van der Waals surface area contributed by atoms with Crippen LogP contribution in [0.2, 0.25) is 0 Å². The Balaban J connectivity index is 1.34. The van der Waals surface area contributed by atoms with E-state index in [1.165, 1.54) is 6.20 Å². The number of benzene rings is 1. The molecule has 0 spiro atoms. The second kappa shape index (κ2) is 9.23. The van der Waals surface area contributed by atoms with Crippen LogP contribution in [0, 0.1) is 6.92 Å². The largest absolute Gasteiger partial charge is 0.365 e. The molecule has 0 aliphatic heterocycles. The van der Waals surface area contributed by atoms with Crippen molar-refractivity contribution in [2.24, 2.45) is 0 Å². The third-order valence-electron chi connectivity index (χ3n) is 5.70. The highest BCUT2D eigenvalue weighted by atomic mass is 32.2. The number of aryl methyl sites for hydroxylation is 1. The van der Waals surface area contributed by atoms with Gasteiger partial charge in [0.05, 0.1) is 5.69 Å². The highest BCUT2D eigenvalue weighted by Crippen LogP contribution is 2.26. The molecule has 35 heavy (non-hydrogen) atoms. The van der Waals surface area contributed by atoms with Gasteiger partial charge in [0.2, 0.25) is 0 Å². The van der Waals surface area contributed by atoms with Crippen molar-refractivity contribution in [2.45, 2.75) is 18.5 Å². The number of hydrogen-bond donors (Lipinski definition) is 1. The monoisotopic (exact) mass is 481 g/mol. The van der Waals surface area contributed by atoms with E-state index in [0.29, 0.717) is 6.54 Å². The van der Waals surface area contributed by atoms with Gasteiger partial charge in [-0.25, -0.2) is 18.4 Å². The van der Waals surface area contributed by atoms with Crippen LogP contribution in [0.5, 0.6) is 0 Å². The number of nitrogens with one attached hydrogen (secondary N) is 1. The lowest BCUT2D eigenvalue weighted by Crippen LogP contribution is -2.02. The average molecular weight is 482 g/mol. The molecule has 0 atom stereocenters. The maximum atomic E-state index is 11.8. The molecule has 1 aromatic carbocycles. The second-order valence-corrected chi connectivity index (χ2v) is 10.3. The smallest absolute Gasteiger partial charge is 0.192 e. The van der Waals surface area contributed by atoms with Crippen LogP contribution < -0.4 is 5.32 Å². The summed E-state index contributed by atoms with van der Waals surface area (Å²) in [7, 11) is -3.36. The summed E-state index contributed by atoms with van der Waals surface area (Å²) in [4.78, 5) is 17.4. The Morgan fingerprint density at radius 1 is 0.771 bits per heavy atom. The first-order chi connectivity index (χ1) is 16.9. The second-order valence-electron chi connectivity index (χ2n) is 8.34. The van der Waals surface area contributed by atoms with Gasteiger partial charge in [-0.15, -0.1) is 0 Å². The maximum Gasteiger partial charge on any atom is 0.192 e. The molecule has 0 saturated heterocycles. The first-order valence-corrected chi connectivity index (χ1v) is 12.9. The molecule has 7 nitrogen and oxygen atoms in total. The van der Waals surface area contributed by atoms with Gasteiger partial charge in [-0.2, -0.15) is 0 Å². The van der Waals surface area contributed by atoms with Crippen LogP contribution in [-0.4, -0.2) is 34.6 Å². The molecule has 5 rings (SSSR count). The van der Waals surface area contributed by atoms with Crippen molar-refractivity contribution >= 4 is 26.4 Å². The van der Waals surface area contributed by atoms with Crippen molar-refractivity contribution in [1.29, 1.82) is 0 Å². The Morgan fingerprint density at radius 2 is 1.51 bits per heavy atom. The molecule has 0 aliphatic rings. The van der Waals surface area contributed by atoms with Gasteiger partial charge in [0.1, 0.15) is 5.82 Å². The summed E-state index contributed by atoms with van der Waals surface area (Å²) in [5.74, 6) is 0.767. The number of sulfone groups is 1. The normalized spacial score (nSPS) is 11.5. The Hall–Kier alpha value is -4.17. The molecule has 5 aromatic rings. The molecule has 0 bridgehead atoms.